The summed E-state index contributed by atoms with van der Waals surface area (Å²) in [5.41, 5.74) is 1.60. The summed E-state index contributed by atoms with van der Waals surface area (Å²) < 4.78 is 18.0. The Morgan fingerprint density at radius 2 is 1.62 bits per heavy atom. The third kappa shape index (κ3) is 9.88. The molecule has 3 N–H and O–H groups in total. The van der Waals surface area contributed by atoms with E-state index in [0.717, 1.165) is 5.56 Å². The molecule has 0 radical (unpaired) electrons. The second-order valence-corrected chi connectivity index (χ2v) is 8.03. The third-order valence-corrected chi connectivity index (χ3v) is 4.03. The molecule has 3 amide bonds. The van der Waals surface area contributed by atoms with Crippen molar-refractivity contribution in [3.8, 4) is 0 Å². The molecule has 0 atom stereocenters. The van der Waals surface area contributed by atoms with Crippen LogP contribution in [0.15, 0.2) is 54.6 Å². The van der Waals surface area contributed by atoms with Crippen LogP contribution in [-0.2, 0) is 20.9 Å². The Hall–Kier alpha value is -3.68. The number of amides is 3. The molecule has 0 aliphatic rings. The summed E-state index contributed by atoms with van der Waals surface area (Å²) in [5, 5.41) is 8.03. The van der Waals surface area contributed by atoms with Crippen LogP contribution in [0, 0.1) is 5.82 Å². The lowest BCUT2D eigenvalue weighted by Crippen LogP contribution is -2.35. The number of benzene rings is 2. The Kier molecular flexibility index (Phi) is 8.95. The monoisotopic (exact) mass is 441 g/mol. The van der Waals surface area contributed by atoms with Crippen molar-refractivity contribution in [1.82, 2.24) is 10.6 Å². The number of alkyl carbamates (subject to hydrolysis) is 1. The van der Waals surface area contributed by atoms with Crippen LogP contribution in [0.25, 0.3) is 6.08 Å². The van der Waals surface area contributed by atoms with Gasteiger partial charge in [0.2, 0.25) is 11.8 Å². The molecule has 0 spiro atoms. The zero-order chi connectivity index (χ0) is 23.6. The molecule has 0 bridgehead atoms. The summed E-state index contributed by atoms with van der Waals surface area (Å²) in [5.74, 6) is -0.849. The van der Waals surface area contributed by atoms with Crippen molar-refractivity contribution in [1.29, 1.82) is 0 Å². The summed E-state index contributed by atoms with van der Waals surface area (Å²) in [6.45, 7) is 5.79. The van der Waals surface area contributed by atoms with Crippen LogP contribution >= 0.6 is 0 Å². The molecule has 0 fully saturated rings. The van der Waals surface area contributed by atoms with E-state index in [0.29, 0.717) is 17.8 Å². The summed E-state index contributed by atoms with van der Waals surface area (Å²) in [6, 6.07) is 12.9. The average Bonchev–Trinajstić information content (AvgIpc) is 2.71. The highest BCUT2D eigenvalue weighted by Crippen LogP contribution is 2.11. The molecule has 2 aromatic rings. The van der Waals surface area contributed by atoms with E-state index in [9.17, 15) is 18.8 Å². The highest BCUT2D eigenvalue weighted by molar-refractivity contribution is 6.01. The zero-order valence-electron chi connectivity index (χ0n) is 18.4. The molecule has 0 aliphatic heterocycles. The fourth-order valence-electron chi connectivity index (χ4n) is 2.52. The predicted molar refractivity (Wildman–Crippen MR) is 121 cm³/mol. The minimum atomic E-state index is -0.586. The topological polar surface area (TPSA) is 96.5 Å². The Bertz CT molecular complexity index is 949. The molecule has 8 heteroatoms. The summed E-state index contributed by atoms with van der Waals surface area (Å²) in [6.07, 6.45) is 2.53. The van der Waals surface area contributed by atoms with Gasteiger partial charge in [0.05, 0.1) is 0 Å². The minimum Gasteiger partial charge on any atom is -0.444 e. The number of rotatable bonds is 8. The van der Waals surface area contributed by atoms with Crippen molar-refractivity contribution >= 4 is 29.7 Å². The predicted octanol–water partition coefficient (Wildman–Crippen LogP) is 4.01. The van der Waals surface area contributed by atoms with Gasteiger partial charge in [-0.2, -0.15) is 0 Å². The van der Waals surface area contributed by atoms with Gasteiger partial charge in [-0.05, 0) is 62.2 Å². The quantitative estimate of drug-likeness (QED) is 0.540. The highest BCUT2D eigenvalue weighted by Gasteiger charge is 2.15. The molecule has 7 nitrogen and oxygen atoms in total. The van der Waals surface area contributed by atoms with Gasteiger partial charge in [-0.1, -0.05) is 24.3 Å². The molecule has 2 aromatic carbocycles. The van der Waals surface area contributed by atoms with Crippen LogP contribution in [0.2, 0.25) is 0 Å². The molecule has 2 rings (SSSR count). The minimum absolute atomic E-state index is 0.133. The molecular weight excluding hydrogens is 413 g/mol. The van der Waals surface area contributed by atoms with Gasteiger partial charge in [0.1, 0.15) is 11.4 Å². The number of halogens is 1. The Balaban J connectivity index is 1.70. The van der Waals surface area contributed by atoms with Crippen molar-refractivity contribution < 1.29 is 23.5 Å². The maximum Gasteiger partial charge on any atom is 0.407 e. The number of nitrogens with one attached hydrogen (secondary N) is 3. The fourth-order valence-corrected chi connectivity index (χ4v) is 2.52. The van der Waals surface area contributed by atoms with Crippen LogP contribution in [0.1, 0.15) is 38.3 Å². The Labute approximate surface area is 187 Å². The lowest BCUT2D eigenvalue weighted by Gasteiger charge is -2.19. The Morgan fingerprint density at radius 1 is 0.969 bits per heavy atom. The summed E-state index contributed by atoms with van der Waals surface area (Å²) in [4.78, 5) is 35.5. The summed E-state index contributed by atoms with van der Waals surface area (Å²) in [7, 11) is 0. The lowest BCUT2D eigenvalue weighted by atomic mass is 10.2. The van der Waals surface area contributed by atoms with E-state index in [1.807, 2.05) is 0 Å². The number of hydrogen-bond acceptors (Lipinski definition) is 4. The summed E-state index contributed by atoms with van der Waals surface area (Å²) >= 11 is 0. The van der Waals surface area contributed by atoms with E-state index in [1.165, 1.54) is 18.2 Å². The normalized spacial score (nSPS) is 11.1. The molecule has 0 saturated heterocycles. The van der Waals surface area contributed by atoms with Gasteiger partial charge in [-0.15, -0.1) is 0 Å². The van der Waals surface area contributed by atoms with Crippen LogP contribution < -0.4 is 16.0 Å². The first-order chi connectivity index (χ1) is 15.1. The molecule has 0 heterocycles. The largest absolute Gasteiger partial charge is 0.444 e. The average molecular weight is 442 g/mol. The second kappa shape index (κ2) is 11.6. The third-order valence-electron chi connectivity index (χ3n) is 4.03. The first kappa shape index (κ1) is 24.6. The number of anilines is 1. The lowest BCUT2D eigenvalue weighted by molar-refractivity contribution is -0.121. The van der Waals surface area contributed by atoms with Crippen LogP contribution in [-0.4, -0.2) is 30.1 Å². The second-order valence-electron chi connectivity index (χ2n) is 8.03. The van der Waals surface area contributed by atoms with Gasteiger partial charge in [0, 0.05) is 31.3 Å². The van der Waals surface area contributed by atoms with Gasteiger partial charge < -0.3 is 20.7 Å². The zero-order valence-corrected chi connectivity index (χ0v) is 18.4. The van der Waals surface area contributed by atoms with Gasteiger partial charge in [0.15, 0.2) is 0 Å². The molecule has 0 saturated carbocycles. The van der Waals surface area contributed by atoms with E-state index in [1.54, 1.807) is 63.2 Å². The highest BCUT2D eigenvalue weighted by atomic mass is 19.1. The maximum absolute atomic E-state index is 12.9. The fraction of sp³-hybridized carbons (Fsp3) is 0.292. The molecule has 32 heavy (non-hydrogen) atoms. The van der Waals surface area contributed by atoms with Gasteiger partial charge in [0.25, 0.3) is 0 Å². The van der Waals surface area contributed by atoms with Crippen molar-refractivity contribution in [3.63, 3.8) is 0 Å². The van der Waals surface area contributed by atoms with Crippen molar-refractivity contribution in [2.45, 2.75) is 39.3 Å². The standard InChI is InChI=1S/C24H28FN3O4/c1-24(2,3)32-23(31)26-15-14-21(29)27-16-18-6-11-20(12-7-18)28-22(30)13-8-17-4-9-19(25)10-5-17/h4-13H,14-16H2,1-3H3,(H,26,31)(H,27,29)(H,28,30)/b13-8+. The van der Waals surface area contributed by atoms with E-state index in [2.05, 4.69) is 16.0 Å². The number of hydrogen-bond donors (Lipinski definition) is 3. The molecule has 0 unspecified atom stereocenters. The van der Waals surface area contributed by atoms with Crippen LogP contribution in [0.4, 0.5) is 14.9 Å². The molecule has 170 valence electrons. The van der Waals surface area contributed by atoms with E-state index in [-0.39, 0.29) is 30.6 Å². The van der Waals surface area contributed by atoms with Gasteiger partial charge in [-0.25, -0.2) is 9.18 Å². The van der Waals surface area contributed by atoms with E-state index in [4.69, 9.17) is 4.74 Å². The molecular formula is C24H28FN3O4. The SMILES string of the molecule is CC(C)(C)OC(=O)NCCC(=O)NCc1ccc(NC(=O)/C=C/c2ccc(F)cc2)cc1. The smallest absolute Gasteiger partial charge is 0.407 e. The van der Waals surface area contributed by atoms with Crippen molar-refractivity contribution in [2.24, 2.45) is 0 Å². The number of ether oxygens (including phenoxy) is 1. The van der Waals surface area contributed by atoms with Gasteiger partial charge >= 0.3 is 6.09 Å². The first-order valence-corrected chi connectivity index (χ1v) is 10.2. The van der Waals surface area contributed by atoms with Gasteiger partial charge in [-0.3, -0.25) is 9.59 Å². The van der Waals surface area contributed by atoms with Crippen molar-refractivity contribution in [2.75, 3.05) is 11.9 Å². The number of carbonyl (C=O) groups excluding carboxylic acids is 3. The van der Waals surface area contributed by atoms with E-state index >= 15 is 0 Å². The van der Waals surface area contributed by atoms with Crippen LogP contribution in [0.3, 0.4) is 0 Å². The molecule has 0 aliphatic carbocycles. The first-order valence-electron chi connectivity index (χ1n) is 10.2. The van der Waals surface area contributed by atoms with E-state index < -0.39 is 11.7 Å². The van der Waals surface area contributed by atoms with Crippen LogP contribution in [0.5, 0.6) is 0 Å². The Morgan fingerprint density at radius 3 is 2.25 bits per heavy atom. The molecule has 0 aromatic heterocycles. The van der Waals surface area contributed by atoms with Crippen molar-refractivity contribution in [3.05, 3.63) is 71.6 Å². The number of carbonyl (C=O) groups is 3. The maximum atomic E-state index is 12.9.